The van der Waals surface area contributed by atoms with Gasteiger partial charge in [-0.05, 0) is 30.3 Å². The number of carbonyl (C=O) groups is 1. The third kappa shape index (κ3) is 5.61. The van der Waals surface area contributed by atoms with E-state index in [-0.39, 0.29) is 18.1 Å². The molecule has 200 valence electrons. The van der Waals surface area contributed by atoms with E-state index in [0.29, 0.717) is 23.6 Å². The maximum Gasteiger partial charge on any atom is 0.350 e. The zero-order valence-corrected chi connectivity index (χ0v) is 22.0. The highest BCUT2D eigenvalue weighted by molar-refractivity contribution is 5.86. The zero-order valence-electron chi connectivity index (χ0n) is 22.0. The van der Waals surface area contributed by atoms with Crippen LogP contribution in [0, 0.1) is 0 Å². The largest absolute Gasteiger partial charge is 0.380 e. The van der Waals surface area contributed by atoms with Crippen molar-refractivity contribution in [2.24, 2.45) is 0 Å². The smallest absolute Gasteiger partial charge is 0.350 e. The van der Waals surface area contributed by atoms with Gasteiger partial charge in [-0.2, -0.15) is 9.94 Å². The lowest BCUT2D eigenvalue weighted by molar-refractivity contribution is -0.148. The summed E-state index contributed by atoms with van der Waals surface area (Å²) in [7, 11) is 1.71. The van der Waals surface area contributed by atoms with E-state index in [4.69, 9.17) is 14.6 Å². The first-order valence-corrected chi connectivity index (χ1v) is 13.5. The number of benzene rings is 2. The van der Waals surface area contributed by atoms with Gasteiger partial charge < -0.3 is 9.57 Å². The lowest BCUT2D eigenvalue weighted by Crippen LogP contribution is -2.41. The molecule has 0 bridgehead atoms. The standard InChI is InChI=1S/C28H35N7O3/c1-3-4-5-6-7-12-17-34-19-20(37-2)18-25(34)28(36)38-35-24-16-11-10-15-23(24)29-27(35)22-14-9-8-13-21(22)26-30-32-33-31-26/h8-11,13-16,20,25H,3-7,12,17-19H2,1-2H3,(H,30,31,32,33)/t20-,25-/m0/s1. The number of hydrogen-bond acceptors (Lipinski definition) is 8. The Kier molecular flexibility index (Phi) is 8.40. The van der Waals surface area contributed by atoms with Crippen molar-refractivity contribution in [2.75, 3.05) is 20.2 Å². The number of unbranched alkanes of at least 4 members (excludes halogenated alkanes) is 5. The number of aromatic nitrogens is 6. The molecule has 0 unspecified atom stereocenters. The Morgan fingerprint density at radius 3 is 2.58 bits per heavy atom. The van der Waals surface area contributed by atoms with E-state index in [1.807, 2.05) is 48.5 Å². The molecular weight excluding hydrogens is 482 g/mol. The number of rotatable bonds is 12. The Morgan fingerprint density at radius 1 is 1.03 bits per heavy atom. The molecule has 1 saturated heterocycles. The van der Waals surface area contributed by atoms with Gasteiger partial charge in [-0.1, -0.05) is 75.4 Å². The van der Waals surface area contributed by atoms with Crippen LogP contribution in [0.3, 0.4) is 0 Å². The number of carbonyl (C=O) groups excluding carboxylic acids is 1. The molecule has 0 aliphatic carbocycles. The molecule has 2 aromatic heterocycles. The minimum Gasteiger partial charge on any atom is -0.380 e. The van der Waals surface area contributed by atoms with Gasteiger partial charge in [0.25, 0.3) is 0 Å². The number of methoxy groups -OCH3 is 1. The van der Waals surface area contributed by atoms with Gasteiger partial charge >= 0.3 is 5.97 Å². The third-order valence-electron chi connectivity index (χ3n) is 7.22. The number of tetrazole rings is 1. The first-order chi connectivity index (χ1) is 18.7. The van der Waals surface area contributed by atoms with Crippen molar-refractivity contribution in [3.8, 4) is 22.8 Å². The molecule has 0 spiro atoms. The summed E-state index contributed by atoms with van der Waals surface area (Å²) in [6.07, 6.45) is 7.85. The fourth-order valence-electron chi connectivity index (χ4n) is 5.19. The first-order valence-electron chi connectivity index (χ1n) is 13.5. The molecule has 0 radical (unpaired) electrons. The van der Waals surface area contributed by atoms with Crippen LogP contribution in [0.1, 0.15) is 51.9 Å². The van der Waals surface area contributed by atoms with E-state index in [2.05, 4.69) is 32.4 Å². The molecule has 1 aliphatic heterocycles. The molecule has 38 heavy (non-hydrogen) atoms. The number of nitrogens with one attached hydrogen (secondary N) is 1. The van der Waals surface area contributed by atoms with E-state index < -0.39 is 0 Å². The van der Waals surface area contributed by atoms with Gasteiger partial charge in [0.1, 0.15) is 11.6 Å². The molecule has 2 aromatic carbocycles. The highest BCUT2D eigenvalue weighted by atomic mass is 16.7. The number of aromatic amines is 1. The van der Waals surface area contributed by atoms with E-state index in [9.17, 15) is 4.79 Å². The van der Waals surface area contributed by atoms with E-state index in [1.165, 1.54) is 32.1 Å². The highest BCUT2D eigenvalue weighted by Gasteiger charge is 2.38. The minimum absolute atomic E-state index is 0.00519. The molecule has 3 heterocycles. The number of likely N-dealkylation sites (tertiary alicyclic amines) is 1. The van der Waals surface area contributed by atoms with Crippen molar-refractivity contribution >= 4 is 17.0 Å². The van der Waals surface area contributed by atoms with Gasteiger partial charge in [-0.15, -0.1) is 10.2 Å². The predicted molar refractivity (Wildman–Crippen MR) is 144 cm³/mol. The summed E-state index contributed by atoms with van der Waals surface area (Å²) in [6, 6.07) is 14.9. The number of ether oxygens (including phenoxy) is 1. The summed E-state index contributed by atoms with van der Waals surface area (Å²) in [5, 5.41) is 14.5. The molecule has 4 aromatic rings. The summed E-state index contributed by atoms with van der Waals surface area (Å²) in [5.41, 5.74) is 2.91. The van der Waals surface area contributed by atoms with Crippen LogP contribution in [-0.4, -0.2) is 73.6 Å². The molecular formula is C28H35N7O3. The van der Waals surface area contributed by atoms with Crippen molar-refractivity contribution in [3.63, 3.8) is 0 Å². The topological polar surface area (TPSA) is 111 Å². The lowest BCUT2D eigenvalue weighted by atomic mass is 10.1. The fraction of sp³-hybridized carbons (Fsp3) is 0.464. The quantitative estimate of drug-likeness (QED) is 0.277. The molecule has 0 amide bonds. The SMILES string of the molecule is CCCCCCCCN1C[C@@H](OC)C[C@H]1C(=O)On1c(-c2ccccc2-c2nn[nH]n2)nc2ccccc21. The Bertz CT molecular complexity index is 1340. The Balaban J connectivity index is 1.41. The van der Waals surface area contributed by atoms with Gasteiger partial charge in [-0.3, -0.25) is 4.90 Å². The molecule has 10 heteroatoms. The van der Waals surface area contributed by atoms with Crippen molar-refractivity contribution < 1.29 is 14.4 Å². The second kappa shape index (κ2) is 12.3. The average Bonchev–Trinajstić information content (AvgIpc) is 3.70. The van der Waals surface area contributed by atoms with Crippen LogP contribution < -0.4 is 4.84 Å². The monoisotopic (exact) mass is 517 g/mol. The summed E-state index contributed by atoms with van der Waals surface area (Å²) >= 11 is 0. The molecule has 1 aliphatic rings. The predicted octanol–water partition coefficient (Wildman–Crippen LogP) is 4.29. The van der Waals surface area contributed by atoms with E-state index in [0.717, 1.165) is 36.2 Å². The van der Waals surface area contributed by atoms with Crippen LogP contribution in [0.5, 0.6) is 0 Å². The molecule has 10 nitrogen and oxygen atoms in total. The maximum absolute atomic E-state index is 13.7. The summed E-state index contributed by atoms with van der Waals surface area (Å²) in [4.78, 5) is 26.9. The average molecular weight is 518 g/mol. The Labute approximate surface area is 222 Å². The first kappa shape index (κ1) is 26.0. The number of H-pyrrole nitrogens is 1. The molecule has 2 atom stereocenters. The van der Waals surface area contributed by atoms with E-state index in [1.54, 1.807) is 11.8 Å². The summed E-state index contributed by atoms with van der Waals surface area (Å²) in [5.74, 6) is 0.634. The lowest BCUT2D eigenvalue weighted by Gasteiger charge is -2.23. The van der Waals surface area contributed by atoms with Gasteiger partial charge in [0, 0.05) is 31.2 Å². The number of para-hydroxylation sites is 2. The van der Waals surface area contributed by atoms with Crippen LogP contribution in [0.2, 0.25) is 0 Å². The van der Waals surface area contributed by atoms with Crippen molar-refractivity contribution in [1.82, 2.24) is 35.2 Å². The number of fused-ring (bicyclic) bond motifs is 1. The van der Waals surface area contributed by atoms with Crippen LogP contribution in [0.4, 0.5) is 0 Å². The van der Waals surface area contributed by atoms with Crippen molar-refractivity contribution in [1.29, 1.82) is 0 Å². The fourth-order valence-corrected chi connectivity index (χ4v) is 5.19. The van der Waals surface area contributed by atoms with Crippen LogP contribution in [0.25, 0.3) is 33.8 Å². The van der Waals surface area contributed by atoms with Gasteiger partial charge in [-0.25, -0.2) is 9.78 Å². The Morgan fingerprint density at radius 2 is 1.79 bits per heavy atom. The molecule has 1 N–H and O–H groups in total. The number of nitrogens with zero attached hydrogens (tertiary/aromatic N) is 6. The van der Waals surface area contributed by atoms with Gasteiger partial charge in [0.15, 0.2) is 5.82 Å². The van der Waals surface area contributed by atoms with Crippen LogP contribution in [-0.2, 0) is 9.53 Å². The second-order valence-electron chi connectivity index (χ2n) is 9.78. The van der Waals surface area contributed by atoms with Crippen molar-refractivity contribution in [2.45, 2.75) is 64.0 Å². The number of imidazole rings is 1. The molecule has 5 rings (SSSR count). The minimum atomic E-state index is -0.378. The summed E-state index contributed by atoms with van der Waals surface area (Å²) < 4.78 is 7.19. The molecule has 1 fully saturated rings. The van der Waals surface area contributed by atoms with Gasteiger partial charge in [0.05, 0.1) is 11.6 Å². The van der Waals surface area contributed by atoms with Crippen LogP contribution >= 0.6 is 0 Å². The highest BCUT2D eigenvalue weighted by Crippen LogP contribution is 2.31. The molecule has 0 saturated carbocycles. The maximum atomic E-state index is 13.7. The summed E-state index contributed by atoms with van der Waals surface area (Å²) in [6.45, 7) is 3.80. The normalized spacial score (nSPS) is 17.8. The van der Waals surface area contributed by atoms with Crippen LogP contribution in [0.15, 0.2) is 48.5 Å². The van der Waals surface area contributed by atoms with Gasteiger partial charge in [0.2, 0.25) is 5.82 Å². The third-order valence-corrected chi connectivity index (χ3v) is 7.22. The second-order valence-corrected chi connectivity index (χ2v) is 9.78. The van der Waals surface area contributed by atoms with E-state index >= 15 is 0 Å². The number of hydrogen-bond donors (Lipinski definition) is 1. The Hall–Kier alpha value is -3.63. The zero-order chi connectivity index (χ0) is 26.3. The van der Waals surface area contributed by atoms with Crippen molar-refractivity contribution in [3.05, 3.63) is 48.5 Å².